The third-order valence-electron chi connectivity index (χ3n) is 2.63. The summed E-state index contributed by atoms with van der Waals surface area (Å²) in [6, 6.07) is 10.3. The standard InChI is InChI=1S/C14H12Cl2FNS/c15-12-3-2-11(6-13(12)16)19-8-10-5-9(7-18)1-4-14(10)17/h1-6H,7-8,18H2. The van der Waals surface area contributed by atoms with Crippen LogP contribution in [0.1, 0.15) is 11.1 Å². The number of nitrogens with two attached hydrogens (primary N) is 1. The largest absolute Gasteiger partial charge is 0.326 e. The number of hydrogen-bond donors (Lipinski definition) is 1. The van der Waals surface area contributed by atoms with Gasteiger partial charge >= 0.3 is 0 Å². The van der Waals surface area contributed by atoms with Crippen molar-refractivity contribution in [2.45, 2.75) is 17.2 Å². The molecular weight excluding hydrogens is 304 g/mol. The van der Waals surface area contributed by atoms with Gasteiger partial charge in [0.1, 0.15) is 5.82 Å². The van der Waals surface area contributed by atoms with Gasteiger partial charge in [-0.1, -0.05) is 35.3 Å². The highest BCUT2D eigenvalue weighted by molar-refractivity contribution is 7.98. The van der Waals surface area contributed by atoms with Gasteiger partial charge in [-0.15, -0.1) is 11.8 Å². The van der Waals surface area contributed by atoms with Crippen LogP contribution in [0.3, 0.4) is 0 Å². The van der Waals surface area contributed by atoms with Crippen LogP contribution in [0.25, 0.3) is 0 Å². The summed E-state index contributed by atoms with van der Waals surface area (Å²) in [5, 5.41) is 1.02. The van der Waals surface area contributed by atoms with Crippen LogP contribution in [0.2, 0.25) is 10.0 Å². The SMILES string of the molecule is NCc1ccc(F)c(CSc2ccc(Cl)c(Cl)c2)c1. The van der Waals surface area contributed by atoms with Crippen LogP contribution in [-0.4, -0.2) is 0 Å². The lowest BCUT2D eigenvalue weighted by molar-refractivity contribution is 0.616. The van der Waals surface area contributed by atoms with Crippen LogP contribution in [0, 0.1) is 5.82 Å². The summed E-state index contributed by atoms with van der Waals surface area (Å²) < 4.78 is 13.7. The molecule has 2 aromatic carbocycles. The zero-order valence-electron chi connectivity index (χ0n) is 10.00. The van der Waals surface area contributed by atoms with Crippen molar-refractivity contribution in [3.05, 3.63) is 63.4 Å². The van der Waals surface area contributed by atoms with Crippen LogP contribution in [-0.2, 0) is 12.3 Å². The van der Waals surface area contributed by atoms with Crippen LogP contribution in [0.15, 0.2) is 41.3 Å². The fraction of sp³-hybridized carbons (Fsp3) is 0.143. The minimum atomic E-state index is -0.218. The second kappa shape index (κ2) is 6.62. The molecule has 5 heteroatoms. The first-order valence-electron chi connectivity index (χ1n) is 5.65. The molecule has 100 valence electrons. The van der Waals surface area contributed by atoms with Crippen molar-refractivity contribution < 1.29 is 4.39 Å². The Labute approximate surface area is 125 Å². The van der Waals surface area contributed by atoms with Gasteiger partial charge in [0.05, 0.1) is 10.0 Å². The third kappa shape index (κ3) is 3.86. The molecular formula is C14H12Cl2FNS. The van der Waals surface area contributed by atoms with Gasteiger partial charge in [-0.3, -0.25) is 0 Å². The van der Waals surface area contributed by atoms with Gasteiger partial charge in [-0.2, -0.15) is 0 Å². The molecule has 0 saturated carbocycles. The molecule has 2 N–H and O–H groups in total. The lowest BCUT2D eigenvalue weighted by atomic mass is 10.1. The normalized spacial score (nSPS) is 10.7. The third-order valence-corrected chi connectivity index (χ3v) is 4.41. The highest BCUT2D eigenvalue weighted by Crippen LogP contribution is 2.30. The van der Waals surface area contributed by atoms with Gasteiger partial charge in [0.2, 0.25) is 0 Å². The average Bonchev–Trinajstić information content (AvgIpc) is 2.41. The highest BCUT2D eigenvalue weighted by Gasteiger charge is 2.05. The van der Waals surface area contributed by atoms with Crippen LogP contribution >= 0.6 is 35.0 Å². The number of halogens is 3. The summed E-state index contributed by atoms with van der Waals surface area (Å²) in [6.07, 6.45) is 0. The summed E-state index contributed by atoms with van der Waals surface area (Å²) in [5.41, 5.74) is 7.11. The molecule has 0 saturated heterocycles. The Morgan fingerprint density at radius 1 is 1.05 bits per heavy atom. The molecule has 2 rings (SSSR count). The van der Waals surface area contributed by atoms with Gasteiger partial charge in [-0.25, -0.2) is 4.39 Å². The molecule has 0 aromatic heterocycles. The summed E-state index contributed by atoms with van der Waals surface area (Å²) in [7, 11) is 0. The van der Waals surface area contributed by atoms with E-state index in [0.29, 0.717) is 27.9 Å². The molecule has 0 amide bonds. The topological polar surface area (TPSA) is 26.0 Å². The maximum absolute atomic E-state index is 13.7. The summed E-state index contributed by atoms with van der Waals surface area (Å²) in [6.45, 7) is 0.407. The lowest BCUT2D eigenvalue weighted by Gasteiger charge is -2.06. The van der Waals surface area contributed by atoms with Gasteiger partial charge in [0.25, 0.3) is 0 Å². The molecule has 0 heterocycles. The molecule has 0 spiro atoms. The highest BCUT2D eigenvalue weighted by atomic mass is 35.5. The van der Waals surface area contributed by atoms with E-state index < -0.39 is 0 Å². The number of rotatable bonds is 4. The van der Waals surface area contributed by atoms with E-state index in [9.17, 15) is 4.39 Å². The molecule has 0 aliphatic heterocycles. The molecule has 0 radical (unpaired) electrons. The predicted molar refractivity (Wildman–Crippen MR) is 80.3 cm³/mol. The Hall–Kier alpha value is -0.740. The molecule has 0 atom stereocenters. The van der Waals surface area contributed by atoms with Crippen molar-refractivity contribution in [3.63, 3.8) is 0 Å². The van der Waals surface area contributed by atoms with E-state index in [4.69, 9.17) is 28.9 Å². The van der Waals surface area contributed by atoms with Gasteiger partial charge < -0.3 is 5.73 Å². The number of thioether (sulfide) groups is 1. The zero-order chi connectivity index (χ0) is 13.8. The van der Waals surface area contributed by atoms with Crippen molar-refractivity contribution in [1.29, 1.82) is 0 Å². The van der Waals surface area contributed by atoms with Gasteiger partial charge in [-0.05, 0) is 35.4 Å². The van der Waals surface area contributed by atoms with Gasteiger partial charge in [0.15, 0.2) is 0 Å². The minimum absolute atomic E-state index is 0.218. The van der Waals surface area contributed by atoms with Crippen molar-refractivity contribution in [1.82, 2.24) is 0 Å². The maximum atomic E-state index is 13.7. The number of hydrogen-bond acceptors (Lipinski definition) is 2. The molecule has 0 bridgehead atoms. The fourth-order valence-corrected chi connectivity index (χ4v) is 2.87. The van der Waals surface area contributed by atoms with Crippen LogP contribution in [0.5, 0.6) is 0 Å². The average molecular weight is 316 g/mol. The fourth-order valence-electron chi connectivity index (χ4n) is 1.59. The first kappa shape index (κ1) is 14.7. The lowest BCUT2D eigenvalue weighted by Crippen LogP contribution is -1.98. The van der Waals surface area contributed by atoms with E-state index in [0.717, 1.165) is 10.5 Å². The van der Waals surface area contributed by atoms with Gasteiger partial charge in [0, 0.05) is 17.2 Å². The zero-order valence-corrected chi connectivity index (χ0v) is 12.3. The summed E-state index contributed by atoms with van der Waals surface area (Å²) >= 11 is 13.3. The summed E-state index contributed by atoms with van der Waals surface area (Å²) in [4.78, 5) is 0.951. The Morgan fingerprint density at radius 3 is 2.53 bits per heavy atom. The Morgan fingerprint density at radius 2 is 1.84 bits per heavy atom. The molecule has 2 aromatic rings. The Bertz CT molecular complexity index is 590. The first-order valence-corrected chi connectivity index (χ1v) is 7.39. The monoisotopic (exact) mass is 315 g/mol. The van der Waals surface area contributed by atoms with E-state index in [2.05, 4.69) is 0 Å². The van der Waals surface area contributed by atoms with Crippen molar-refractivity contribution in [3.8, 4) is 0 Å². The molecule has 0 fully saturated rings. The molecule has 19 heavy (non-hydrogen) atoms. The van der Waals surface area contributed by atoms with E-state index in [-0.39, 0.29) is 5.82 Å². The van der Waals surface area contributed by atoms with Crippen molar-refractivity contribution in [2.24, 2.45) is 5.73 Å². The maximum Gasteiger partial charge on any atom is 0.127 e. The Balaban J connectivity index is 2.11. The quantitative estimate of drug-likeness (QED) is 0.813. The molecule has 0 aliphatic carbocycles. The molecule has 1 nitrogen and oxygen atoms in total. The molecule has 0 unspecified atom stereocenters. The minimum Gasteiger partial charge on any atom is -0.326 e. The van der Waals surface area contributed by atoms with E-state index in [1.54, 1.807) is 24.3 Å². The second-order valence-corrected chi connectivity index (χ2v) is 5.86. The van der Waals surface area contributed by atoms with Crippen LogP contribution < -0.4 is 5.73 Å². The van der Waals surface area contributed by atoms with E-state index in [1.807, 2.05) is 6.07 Å². The predicted octanol–water partition coefficient (Wildman–Crippen LogP) is 4.88. The second-order valence-electron chi connectivity index (χ2n) is 3.99. The number of benzene rings is 2. The molecule has 0 aliphatic rings. The van der Waals surface area contributed by atoms with E-state index >= 15 is 0 Å². The first-order chi connectivity index (χ1) is 9.10. The van der Waals surface area contributed by atoms with Crippen molar-refractivity contribution in [2.75, 3.05) is 0 Å². The van der Waals surface area contributed by atoms with Crippen molar-refractivity contribution >= 4 is 35.0 Å². The Kier molecular flexibility index (Phi) is 5.11. The van der Waals surface area contributed by atoms with Crippen LogP contribution in [0.4, 0.5) is 4.39 Å². The smallest absolute Gasteiger partial charge is 0.127 e. The van der Waals surface area contributed by atoms with E-state index in [1.165, 1.54) is 17.8 Å². The summed E-state index contributed by atoms with van der Waals surface area (Å²) in [5.74, 6) is 0.308.